The van der Waals surface area contributed by atoms with Gasteiger partial charge in [-0.3, -0.25) is 20.6 Å². The van der Waals surface area contributed by atoms with Crippen molar-refractivity contribution in [3.8, 4) is 0 Å². The number of aryl methyl sites for hydroxylation is 2. The highest BCUT2D eigenvalue weighted by Gasteiger charge is 2.18. The molecule has 0 aliphatic heterocycles. The Morgan fingerprint density at radius 1 is 1.20 bits per heavy atom. The first-order valence-corrected chi connectivity index (χ1v) is 6.55. The van der Waals surface area contributed by atoms with E-state index in [1.54, 1.807) is 6.20 Å². The van der Waals surface area contributed by atoms with Crippen LogP contribution in [0.2, 0.25) is 0 Å². The van der Waals surface area contributed by atoms with Gasteiger partial charge in [0.1, 0.15) is 0 Å². The van der Waals surface area contributed by atoms with E-state index >= 15 is 0 Å². The molecule has 0 spiro atoms. The lowest BCUT2D eigenvalue weighted by molar-refractivity contribution is 0.502. The van der Waals surface area contributed by atoms with Crippen LogP contribution in [0, 0.1) is 0 Å². The fourth-order valence-corrected chi connectivity index (χ4v) is 2.61. The van der Waals surface area contributed by atoms with Gasteiger partial charge < -0.3 is 0 Å². The summed E-state index contributed by atoms with van der Waals surface area (Å²) in [5.41, 5.74) is 6.06. The molecule has 0 bridgehead atoms. The summed E-state index contributed by atoms with van der Waals surface area (Å²) in [6, 6.07) is 10.2. The van der Waals surface area contributed by atoms with E-state index in [4.69, 9.17) is 5.84 Å². The quantitative estimate of drug-likeness (QED) is 0.549. The molecular formula is C14H18N6. The van der Waals surface area contributed by atoms with Crippen molar-refractivity contribution in [2.24, 2.45) is 19.9 Å². The molecule has 0 saturated heterocycles. The maximum atomic E-state index is 5.71. The SMILES string of the molecule is Cn1nccc1C(Cc1nn(C)c2ccccc12)NN. The van der Waals surface area contributed by atoms with Gasteiger partial charge in [0.05, 0.1) is 22.9 Å². The summed E-state index contributed by atoms with van der Waals surface area (Å²) >= 11 is 0. The fraction of sp³-hybridized carbons (Fsp3) is 0.286. The van der Waals surface area contributed by atoms with E-state index < -0.39 is 0 Å². The van der Waals surface area contributed by atoms with Gasteiger partial charge in [-0.15, -0.1) is 0 Å². The second kappa shape index (κ2) is 5.07. The van der Waals surface area contributed by atoms with Crippen molar-refractivity contribution in [1.82, 2.24) is 25.0 Å². The molecular weight excluding hydrogens is 252 g/mol. The largest absolute Gasteiger partial charge is 0.271 e. The van der Waals surface area contributed by atoms with E-state index in [1.807, 2.05) is 41.7 Å². The lowest BCUT2D eigenvalue weighted by atomic mass is 10.1. The summed E-state index contributed by atoms with van der Waals surface area (Å²) in [5, 5.41) is 9.96. The van der Waals surface area contributed by atoms with Crippen LogP contribution < -0.4 is 11.3 Å². The Hall–Kier alpha value is -2.18. The molecule has 0 fully saturated rings. The molecule has 2 aromatic heterocycles. The number of rotatable bonds is 4. The molecule has 6 nitrogen and oxygen atoms in total. The van der Waals surface area contributed by atoms with Crippen LogP contribution in [0.4, 0.5) is 0 Å². The van der Waals surface area contributed by atoms with Crippen LogP contribution in [0.25, 0.3) is 10.9 Å². The molecule has 0 aliphatic rings. The Morgan fingerprint density at radius 3 is 2.70 bits per heavy atom. The Kier molecular flexibility index (Phi) is 3.25. The Bertz CT molecular complexity index is 726. The van der Waals surface area contributed by atoms with Gasteiger partial charge in [0.2, 0.25) is 0 Å². The fourth-order valence-electron chi connectivity index (χ4n) is 2.61. The first-order chi connectivity index (χ1) is 9.70. The number of aromatic nitrogens is 4. The molecule has 3 rings (SSSR count). The number of hydrogen-bond donors (Lipinski definition) is 2. The number of hydrazine groups is 1. The van der Waals surface area contributed by atoms with E-state index in [0.717, 1.165) is 28.7 Å². The summed E-state index contributed by atoms with van der Waals surface area (Å²) < 4.78 is 3.73. The number of nitrogens with one attached hydrogen (secondary N) is 1. The zero-order valence-electron chi connectivity index (χ0n) is 11.6. The van der Waals surface area contributed by atoms with Crippen molar-refractivity contribution < 1.29 is 0 Å². The summed E-state index contributed by atoms with van der Waals surface area (Å²) in [4.78, 5) is 0. The smallest absolute Gasteiger partial charge is 0.0723 e. The first-order valence-electron chi connectivity index (χ1n) is 6.55. The van der Waals surface area contributed by atoms with E-state index in [0.29, 0.717) is 0 Å². The number of nitrogens with zero attached hydrogens (tertiary/aromatic N) is 4. The molecule has 6 heteroatoms. The van der Waals surface area contributed by atoms with Crippen molar-refractivity contribution >= 4 is 10.9 Å². The Balaban J connectivity index is 1.98. The van der Waals surface area contributed by atoms with Gasteiger partial charge in [-0.2, -0.15) is 10.2 Å². The average molecular weight is 270 g/mol. The van der Waals surface area contributed by atoms with Crippen molar-refractivity contribution in [1.29, 1.82) is 0 Å². The predicted molar refractivity (Wildman–Crippen MR) is 77.7 cm³/mol. The second-order valence-corrected chi connectivity index (χ2v) is 4.89. The van der Waals surface area contributed by atoms with Crippen LogP contribution in [0.1, 0.15) is 17.4 Å². The monoisotopic (exact) mass is 270 g/mol. The maximum Gasteiger partial charge on any atom is 0.0723 e. The summed E-state index contributed by atoms with van der Waals surface area (Å²) in [6.07, 6.45) is 2.49. The van der Waals surface area contributed by atoms with Crippen molar-refractivity contribution in [2.75, 3.05) is 0 Å². The van der Waals surface area contributed by atoms with Crippen LogP contribution in [0.5, 0.6) is 0 Å². The van der Waals surface area contributed by atoms with E-state index in [9.17, 15) is 0 Å². The molecule has 0 aliphatic carbocycles. The van der Waals surface area contributed by atoms with Gasteiger partial charge in [0, 0.05) is 32.1 Å². The van der Waals surface area contributed by atoms with E-state index in [2.05, 4.69) is 27.8 Å². The van der Waals surface area contributed by atoms with Crippen LogP contribution in [0.15, 0.2) is 36.5 Å². The third kappa shape index (κ3) is 2.09. The molecule has 1 aromatic carbocycles. The summed E-state index contributed by atoms with van der Waals surface area (Å²) in [5.74, 6) is 5.71. The van der Waals surface area contributed by atoms with Gasteiger partial charge in [-0.1, -0.05) is 18.2 Å². The van der Waals surface area contributed by atoms with Crippen LogP contribution in [-0.4, -0.2) is 19.6 Å². The highest BCUT2D eigenvalue weighted by Crippen LogP contribution is 2.23. The van der Waals surface area contributed by atoms with Crippen molar-refractivity contribution in [3.63, 3.8) is 0 Å². The van der Waals surface area contributed by atoms with Gasteiger partial charge >= 0.3 is 0 Å². The minimum Gasteiger partial charge on any atom is -0.271 e. The van der Waals surface area contributed by atoms with Crippen molar-refractivity contribution in [3.05, 3.63) is 47.9 Å². The van der Waals surface area contributed by atoms with Gasteiger partial charge in [-0.25, -0.2) is 0 Å². The molecule has 2 heterocycles. The summed E-state index contributed by atoms with van der Waals surface area (Å²) in [6.45, 7) is 0. The molecule has 0 amide bonds. The lowest BCUT2D eigenvalue weighted by Crippen LogP contribution is -2.31. The zero-order valence-corrected chi connectivity index (χ0v) is 11.6. The summed E-state index contributed by atoms with van der Waals surface area (Å²) in [7, 11) is 3.87. The zero-order chi connectivity index (χ0) is 14.1. The minimum absolute atomic E-state index is 0.0131. The number of fused-ring (bicyclic) bond motifs is 1. The van der Waals surface area contributed by atoms with E-state index in [1.165, 1.54) is 0 Å². The highest BCUT2D eigenvalue weighted by atomic mass is 15.3. The Morgan fingerprint density at radius 2 is 2.00 bits per heavy atom. The van der Waals surface area contributed by atoms with Crippen LogP contribution in [0.3, 0.4) is 0 Å². The molecule has 104 valence electrons. The minimum atomic E-state index is -0.0131. The molecule has 0 radical (unpaired) electrons. The Labute approximate surface area is 117 Å². The molecule has 3 N–H and O–H groups in total. The van der Waals surface area contributed by atoms with E-state index in [-0.39, 0.29) is 6.04 Å². The normalized spacial score (nSPS) is 12.9. The molecule has 20 heavy (non-hydrogen) atoms. The predicted octanol–water partition coefficient (Wildman–Crippen LogP) is 1.05. The maximum absolute atomic E-state index is 5.71. The van der Waals surface area contributed by atoms with Crippen LogP contribution >= 0.6 is 0 Å². The second-order valence-electron chi connectivity index (χ2n) is 4.89. The van der Waals surface area contributed by atoms with Gasteiger partial charge in [0.15, 0.2) is 0 Å². The van der Waals surface area contributed by atoms with Gasteiger partial charge in [-0.05, 0) is 12.1 Å². The van der Waals surface area contributed by atoms with Crippen molar-refractivity contribution in [2.45, 2.75) is 12.5 Å². The average Bonchev–Trinajstić information content (AvgIpc) is 3.01. The molecule has 1 unspecified atom stereocenters. The van der Waals surface area contributed by atoms with Crippen LogP contribution in [-0.2, 0) is 20.5 Å². The van der Waals surface area contributed by atoms with Gasteiger partial charge in [0.25, 0.3) is 0 Å². The first kappa shape index (κ1) is 12.8. The number of hydrogen-bond acceptors (Lipinski definition) is 4. The topological polar surface area (TPSA) is 73.7 Å². The molecule has 0 saturated carbocycles. The standard InChI is InChI=1S/C14H18N6/c1-19-14(7-8-16-19)12(17-15)9-11-10-5-3-4-6-13(10)20(2)18-11/h3-8,12,17H,9,15H2,1-2H3. The highest BCUT2D eigenvalue weighted by molar-refractivity contribution is 5.81. The molecule has 1 atom stereocenters. The molecule has 3 aromatic rings. The number of nitrogens with two attached hydrogens (primary N) is 1. The third-order valence-corrected chi connectivity index (χ3v) is 3.65. The lowest BCUT2D eigenvalue weighted by Gasteiger charge is -2.15. The third-order valence-electron chi connectivity index (χ3n) is 3.65. The number of benzene rings is 1. The number of para-hydroxylation sites is 1.